The normalized spacial score (nSPS) is 32.1. The van der Waals surface area contributed by atoms with Crippen molar-refractivity contribution in [3.8, 4) is 0 Å². The number of likely N-dealkylation sites (tertiary alicyclic amines) is 1. The Hall–Kier alpha value is -2.78. The van der Waals surface area contributed by atoms with Gasteiger partial charge in [-0.2, -0.15) is 0 Å². The van der Waals surface area contributed by atoms with E-state index in [1.165, 1.54) is 0 Å². The smallest absolute Gasteiger partial charge is 0.251 e. The highest BCUT2D eigenvalue weighted by atomic mass is 32.2. The molecule has 216 valence electrons. The fourth-order valence-electron chi connectivity index (χ4n) is 7.21. The number of hydrogen-bond acceptors (Lipinski definition) is 6. The molecule has 9 heteroatoms. The van der Waals surface area contributed by atoms with Crippen molar-refractivity contribution in [3.63, 3.8) is 0 Å². The molecule has 1 N–H and O–H groups in total. The van der Waals surface area contributed by atoms with Gasteiger partial charge in [0.05, 0.1) is 29.2 Å². The summed E-state index contributed by atoms with van der Waals surface area (Å²) in [4.78, 5) is 50.4. The van der Waals surface area contributed by atoms with Gasteiger partial charge in [0, 0.05) is 48.8 Å². The molecule has 2 fully saturated rings. The summed E-state index contributed by atoms with van der Waals surface area (Å²) in [6, 6.07) is 6.61. The lowest BCUT2D eigenvalue weighted by molar-refractivity contribution is -0.145. The third kappa shape index (κ3) is 4.28. The predicted octanol–water partition coefficient (Wildman–Crippen LogP) is 3.31. The van der Waals surface area contributed by atoms with Crippen LogP contribution in [0.4, 0.5) is 11.4 Å². The Balaban J connectivity index is 1.59. The lowest BCUT2D eigenvalue weighted by atomic mass is 9.74. The van der Waals surface area contributed by atoms with Crippen LogP contribution in [0.5, 0.6) is 0 Å². The number of carbonyl (C=O) groups excluding carboxylic acids is 3. The summed E-state index contributed by atoms with van der Waals surface area (Å²) >= 11 is 1.58. The fraction of sp³-hybridized carbons (Fsp3) is 0.581. The molecule has 1 spiro atoms. The molecular formula is C31H42N4O4S. The van der Waals surface area contributed by atoms with Crippen LogP contribution in [-0.4, -0.2) is 93.5 Å². The molecule has 3 amide bonds. The van der Waals surface area contributed by atoms with Crippen LogP contribution < -0.4 is 9.80 Å². The number of nitrogens with zero attached hydrogens (tertiary/aromatic N) is 4. The van der Waals surface area contributed by atoms with Gasteiger partial charge in [0.25, 0.3) is 5.91 Å². The number of aliphatic hydroxyl groups excluding tert-OH is 1. The number of fused-ring (bicyclic) bond motifs is 2. The number of thioether (sulfide) groups is 1. The van der Waals surface area contributed by atoms with Crippen molar-refractivity contribution in [3.05, 3.63) is 48.6 Å². The van der Waals surface area contributed by atoms with Gasteiger partial charge in [0.2, 0.25) is 11.8 Å². The molecule has 8 nitrogen and oxygen atoms in total. The van der Waals surface area contributed by atoms with Crippen molar-refractivity contribution in [1.82, 2.24) is 9.80 Å². The number of anilines is 2. The van der Waals surface area contributed by atoms with Crippen LogP contribution >= 0.6 is 11.8 Å². The van der Waals surface area contributed by atoms with Crippen LogP contribution in [0.1, 0.15) is 41.0 Å². The molecule has 4 aliphatic heterocycles. The number of carbonyl (C=O) groups is 3. The van der Waals surface area contributed by atoms with Crippen LogP contribution in [0.2, 0.25) is 0 Å². The van der Waals surface area contributed by atoms with Gasteiger partial charge in [0.1, 0.15) is 6.04 Å². The molecule has 5 rings (SSSR count). The first-order chi connectivity index (χ1) is 19.2. The predicted molar refractivity (Wildman–Crippen MR) is 160 cm³/mol. The lowest BCUT2D eigenvalue weighted by Crippen LogP contribution is -2.56. The molecule has 0 aliphatic carbocycles. The van der Waals surface area contributed by atoms with Crippen LogP contribution in [0.3, 0.4) is 0 Å². The van der Waals surface area contributed by atoms with E-state index in [4.69, 9.17) is 0 Å². The van der Waals surface area contributed by atoms with E-state index >= 15 is 0 Å². The van der Waals surface area contributed by atoms with Gasteiger partial charge in [-0.05, 0) is 58.4 Å². The molecule has 0 aromatic heterocycles. The molecule has 1 unspecified atom stereocenters. The first-order valence-electron chi connectivity index (χ1n) is 14.6. The molecule has 4 heterocycles. The number of rotatable bonds is 8. The zero-order chi connectivity index (χ0) is 28.8. The molecule has 0 bridgehead atoms. The van der Waals surface area contributed by atoms with E-state index < -0.39 is 33.4 Å². The van der Waals surface area contributed by atoms with Gasteiger partial charge >= 0.3 is 0 Å². The maximum atomic E-state index is 14.6. The molecular weight excluding hydrogens is 524 g/mol. The molecule has 1 aromatic carbocycles. The monoisotopic (exact) mass is 566 g/mol. The van der Waals surface area contributed by atoms with Crippen LogP contribution in [0, 0.1) is 11.8 Å². The van der Waals surface area contributed by atoms with E-state index in [0.29, 0.717) is 19.6 Å². The summed E-state index contributed by atoms with van der Waals surface area (Å²) in [5.74, 6) is -1.70. The summed E-state index contributed by atoms with van der Waals surface area (Å²) in [6.07, 6.45) is 8.97. The first kappa shape index (κ1) is 28.7. The van der Waals surface area contributed by atoms with E-state index in [9.17, 15) is 19.5 Å². The van der Waals surface area contributed by atoms with Gasteiger partial charge in [-0.25, -0.2) is 0 Å². The van der Waals surface area contributed by atoms with E-state index in [1.807, 2.05) is 61.2 Å². The Labute approximate surface area is 242 Å². The molecule has 2 saturated heterocycles. The summed E-state index contributed by atoms with van der Waals surface area (Å²) in [5.41, 5.74) is 1.86. The zero-order valence-corrected chi connectivity index (χ0v) is 25.1. The van der Waals surface area contributed by atoms with Crippen molar-refractivity contribution in [2.24, 2.45) is 11.8 Å². The quantitative estimate of drug-likeness (QED) is 0.486. The van der Waals surface area contributed by atoms with Crippen LogP contribution in [-0.2, 0) is 14.4 Å². The topological polar surface area (TPSA) is 84.4 Å². The Morgan fingerprint density at radius 2 is 1.65 bits per heavy atom. The minimum Gasteiger partial charge on any atom is -0.394 e. The van der Waals surface area contributed by atoms with Crippen molar-refractivity contribution in [2.45, 2.75) is 62.6 Å². The largest absolute Gasteiger partial charge is 0.394 e. The summed E-state index contributed by atoms with van der Waals surface area (Å²) in [7, 11) is 0. The number of amides is 3. The minimum absolute atomic E-state index is 0.0248. The van der Waals surface area contributed by atoms with Gasteiger partial charge in [0.15, 0.2) is 0 Å². The number of aliphatic hydroxyl groups is 1. The summed E-state index contributed by atoms with van der Waals surface area (Å²) < 4.78 is -1.54. The average Bonchev–Trinajstić information content (AvgIpc) is 3.23. The second-order valence-electron chi connectivity index (χ2n) is 11.5. The van der Waals surface area contributed by atoms with Crippen molar-refractivity contribution >= 4 is 40.9 Å². The van der Waals surface area contributed by atoms with Crippen molar-refractivity contribution < 1.29 is 19.5 Å². The molecule has 6 atom stereocenters. The molecule has 40 heavy (non-hydrogen) atoms. The summed E-state index contributed by atoms with van der Waals surface area (Å²) in [6.45, 7) is 13.1. The zero-order valence-electron chi connectivity index (χ0n) is 24.2. The molecule has 0 saturated carbocycles. The highest BCUT2D eigenvalue weighted by Crippen LogP contribution is 2.65. The van der Waals surface area contributed by atoms with E-state index in [1.54, 1.807) is 28.5 Å². The van der Waals surface area contributed by atoms with Crippen LogP contribution in [0.25, 0.3) is 0 Å². The van der Waals surface area contributed by atoms with Gasteiger partial charge in [-0.3, -0.25) is 14.4 Å². The molecule has 4 aliphatic rings. The van der Waals surface area contributed by atoms with Crippen molar-refractivity contribution in [1.29, 1.82) is 0 Å². The van der Waals surface area contributed by atoms with Gasteiger partial charge in [-0.15, -0.1) is 11.8 Å². The number of benzene rings is 1. The third-order valence-corrected chi connectivity index (χ3v) is 10.9. The number of hydrogen-bond donors (Lipinski definition) is 1. The van der Waals surface area contributed by atoms with E-state index in [-0.39, 0.29) is 24.3 Å². The van der Waals surface area contributed by atoms with Gasteiger partial charge < -0.3 is 24.7 Å². The Kier molecular flexibility index (Phi) is 7.83. The van der Waals surface area contributed by atoms with Gasteiger partial charge in [-0.1, -0.05) is 31.2 Å². The minimum atomic E-state index is -0.915. The van der Waals surface area contributed by atoms with E-state index in [2.05, 4.69) is 24.8 Å². The van der Waals surface area contributed by atoms with Crippen LogP contribution in [0.15, 0.2) is 48.6 Å². The molecule has 0 radical (unpaired) electrons. The Morgan fingerprint density at radius 3 is 2.27 bits per heavy atom. The third-order valence-electron chi connectivity index (χ3n) is 9.10. The van der Waals surface area contributed by atoms with Crippen molar-refractivity contribution in [2.75, 3.05) is 49.1 Å². The standard InChI is InChI=1S/C31H42N4O4S/c1-6-17-33-18-9-15-30(5)24(27(33)37)25-28(38)35(21(4)20-36)26-29(39)34(19-10-16-31(25,26)40-30)23-13-11-22(12-14-23)32(7-2)8-3/h9-16,21,24-26,36H,6-8,17-20H2,1-5H3/t21-,24-,25+,26?,30+,31+/m1/s1. The Morgan fingerprint density at radius 1 is 0.975 bits per heavy atom. The molecule has 1 aromatic rings. The summed E-state index contributed by atoms with van der Waals surface area (Å²) in [5, 5.41) is 10.2. The van der Waals surface area contributed by atoms with E-state index in [0.717, 1.165) is 30.9 Å². The first-order valence-corrected chi connectivity index (χ1v) is 15.4. The fourth-order valence-corrected chi connectivity index (χ4v) is 9.35. The second-order valence-corrected chi connectivity index (χ2v) is 13.3. The maximum absolute atomic E-state index is 14.6. The maximum Gasteiger partial charge on any atom is 0.251 e. The average molecular weight is 567 g/mol. The second kappa shape index (κ2) is 10.9. The highest BCUT2D eigenvalue weighted by molar-refractivity contribution is 8.02. The SMILES string of the molecule is CCCN1CC=C[C@]2(C)S[C@]34C=CCN(c5ccc(N(CC)CC)cc5)C(=O)C3N([C@H](C)CO)C(=O)[C@@H]4[C@@H]2C1=O. The lowest BCUT2D eigenvalue weighted by Gasteiger charge is -2.38. The Bertz CT molecular complexity index is 1210. The highest BCUT2D eigenvalue weighted by Gasteiger charge is 2.74.